The summed E-state index contributed by atoms with van der Waals surface area (Å²) in [4.78, 5) is 16.5. The van der Waals surface area contributed by atoms with Crippen LogP contribution in [0.4, 0.5) is 0 Å². The minimum atomic E-state index is 0.274. The lowest BCUT2D eigenvalue weighted by atomic mass is 10.1. The first-order chi connectivity index (χ1) is 9.69. The van der Waals surface area contributed by atoms with Crippen LogP contribution >= 0.6 is 0 Å². The number of rotatable bonds is 4. The highest BCUT2D eigenvalue weighted by atomic mass is 16.5. The second-order valence-corrected chi connectivity index (χ2v) is 5.39. The molecule has 20 heavy (non-hydrogen) atoms. The Bertz CT molecular complexity index is 431. The molecule has 1 aromatic rings. The minimum Gasteiger partial charge on any atom is -0.497 e. The minimum absolute atomic E-state index is 0.274. The molecule has 1 amide bonds. The maximum absolute atomic E-state index is 12.2. The smallest absolute Gasteiger partial charge is 0.222 e. The number of benzene rings is 1. The van der Waals surface area contributed by atoms with Crippen LogP contribution in [0.25, 0.3) is 0 Å². The van der Waals surface area contributed by atoms with Crippen LogP contribution in [-0.2, 0) is 11.2 Å². The fourth-order valence-electron chi connectivity index (χ4n) is 2.50. The van der Waals surface area contributed by atoms with Crippen molar-refractivity contribution in [2.24, 2.45) is 0 Å². The summed E-state index contributed by atoms with van der Waals surface area (Å²) in [5, 5.41) is 0. The van der Waals surface area contributed by atoms with Crippen molar-refractivity contribution < 1.29 is 9.53 Å². The Morgan fingerprint density at radius 2 is 1.90 bits per heavy atom. The van der Waals surface area contributed by atoms with E-state index in [1.807, 2.05) is 29.2 Å². The molecule has 1 heterocycles. The molecule has 0 radical (unpaired) electrons. The van der Waals surface area contributed by atoms with Gasteiger partial charge in [0.1, 0.15) is 5.75 Å². The molecular weight excluding hydrogens is 252 g/mol. The van der Waals surface area contributed by atoms with Gasteiger partial charge in [0.05, 0.1) is 7.11 Å². The highest BCUT2D eigenvalue weighted by Gasteiger charge is 2.16. The lowest BCUT2D eigenvalue weighted by Gasteiger charge is -2.20. The van der Waals surface area contributed by atoms with Gasteiger partial charge < -0.3 is 14.5 Å². The maximum atomic E-state index is 12.2. The van der Waals surface area contributed by atoms with Crippen LogP contribution in [0.15, 0.2) is 24.3 Å². The summed E-state index contributed by atoms with van der Waals surface area (Å²) in [7, 11) is 3.78. The molecule has 4 heteroatoms. The number of hydrogen-bond donors (Lipinski definition) is 0. The van der Waals surface area contributed by atoms with E-state index in [0.717, 1.165) is 44.8 Å². The number of likely N-dealkylation sites (N-methyl/N-ethyl adjacent to an activating group) is 1. The highest BCUT2D eigenvalue weighted by Crippen LogP contribution is 2.13. The topological polar surface area (TPSA) is 32.8 Å². The zero-order valence-corrected chi connectivity index (χ0v) is 12.5. The van der Waals surface area contributed by atoms with E-state index >= 15 is 0 Å². The molecule has 1 fully saturated rings. The molecule has 1 aromatic carbocycles. The van der Waals surface area contributed by atoms with Gasteiger partial charge >= 0.3 is 0 Å². The summed E-state index contributed by atoms with van der Waals surface area (Å²) >= 11 is 0. The lowest BCUT2D eigenvalue weighted by molar-refractivity contribution is -0.131. The van der Waals surface area contributed by atoms with Crippen molar-refractivity contribution in [2.75, 3.05) is 40.3 Å². The summed E-state index contributed by atoms with van der Waals surface area (Å²) in [6.07, 6.45) is 2.47. The summed E-state index contributed by atoms with van der Waals surface area (Å²) in [5.74, 6) is 1.13. The van der Waals surface area contributed by atoms with Crippen molar-refractivity contribution in [3.63, 3.8) is 0 Å². The SMILES string of the molecule is COc1ccc(CCC(=O)N2CCCN(C)CC2)cc1. The van der Waals surface area contributed by atoms with E-state index in [1.54, 1.807) is 7.11 Å². The number of nitrogens with zero attached hydrogens (tertiary/aromatic N) is 2. The van der Waals surface area contributed by atoms with Crippen molar-refractivity contribution in [2.45, 2.75) is 19.3 Å². The van der Waals surface area contributed by atoms with Gasteiger partial charge in [-0.25, -0.2) is 0 Å². The summed E-state index contributed by atoms with van der Waals surface area (Å²) in [6, 6.07) is 7.95. The Labute approximate surface area is 121 Å². The maximum Gasteiger partial charge on any atom is 0.222 e. The second kappa shape index (κ2) is 7.29. The number of ether oxygens (including phenoxy) is 1. The first-order valence-corrected chi connectivity index (χ1v) is 7.28. The van der Waals surface area contributed by atoms with E-state index < -0.39 is 0 Å². The molecule has 4 nitrogen and oxygen atoms in total. The Morgan fingerprint density at radius 3 is 2.60 bits per heavy atom. The molecule has 0 atom stereocenters. The van der Waals surface area contributed by atoms with E-state index in [4.69, 9.17) is 4.74 Å². The monoisotopic (exact) mass is 276 g/mol. The molecule has 1 saturated heterocycles. The van der Waals surface area contributed by atoms with Crippen molar-refractivity contribution in [3.05, 3.63) is 29.8 Å². The quantitative estimate of drug-likeness (QED) is 0.840. The van der Waals surface area contributed by atoms with Crippen molar-refractivity contribution in [1.29, 1.82) is 0 Å². The number of carbonyl (C=O) groups is 1. The van der Waals surface area contributed by atoms with E-state index in [1.165, 1.54) is 5.56 Å². The average Bonchev–Trinajstić information content (AvgIpc) is 2.70. The third kappa shape index (κ3) is 4.23. The molecule has 0 aromatic heterocycles. The largest absolute Gasteiger partial charge is 0.497 e. The van der Waals surface area contributed by atoms with Crippen LogP contribution in [0.1, 0.15) is 18.4 Å². The van der Waals surface area contributed by atoms with Crippen LogP contribution in [0.2, 0.25) is 0 Å². The van der Waals surface area contributed by atoms with Gasteiger partial charge in [-0.3, -0.25) is 4.79 Å². The first kappa shape index (κ1) is 14.9. The van der Waals surface area contributed by atoms with Gasteiger partial charge in [0.25, 0.3) is 0 Å². The van der Waals surface area contributed by atoms with E-state index in [9.17, 15) is 4.79 Å². The molecule has 0 unspecified atom stereocenters. The molecular formula is C16H24N2O2. The van der Waals surface area contributed by atoms with Crippen molar-refractivity contribution in [3.8, 4) is 5.75 Å². The van der Waals surface area contributed by atoms with Gasteiger partial charge in [0.15, 0.2) is 0 Å². The van der Waals surface area contributed by atoms with Crippen molar-refractivity contribution >= 4 is 5.91 Å². The zero-order chi connectivity index (χ0) is 14.4. The zero-order valence-electron chi connectivity index (χ0n) is 12.5. The number of amides is 1. The third-order valence-electron chi connectivity index (χ3n) is 3.86. The third-order valence-corrected chi connectivity index (χ3v) is 3.86. The number of aryl methyl sites for hydroxylation is 1. The van der Waals surface area contributed by atoms with E-state index in [-0.39, 0.29) is 5.91 Å². The molecule has 2 rings (SSSR count). The fraction of sp³-hybridized carbons (Fsp3) is 0.562. The molecule has 1 aliphatic heterocycles. The van der Waals surface area contributed by atoms with Gasteiger partial charge in [-0.1, -0.05) is 12.1 Å². The molecule has 110 valence electrons. The van der Waals surface area contributed by atoms with Crippen molar-refractivity contribution in [1.82, 2.24) is 9.80 Å². The van der Waals surface area contributed by atoms with Gasteiger partial charge in [-0.2, -0.15) is 0 Å². The number of carbonyl (C=O) groups excluding carboxylic acids is 1. The standard InChI is InChI=1S/C16H24N2O2/c1-17-10-3-11-18(13-12-17)16(19)9-6-14-4-7-15(20-2)8-5-14/h4-5,7-8H,3,6,9-13H2,1-2H3. The predicted octanol–water partition coefficient (Wildman–Crippen LogP) is 1.79. The second-order valence-electron chi connectivity index (χ2n) is 5.39. The molecule has 1 aliphatic rings. The van der Waals surface area contributed by atoms with Gasteiger partial charge in [-0.05, 0) is 44.1 Å². The lowest BCUT2D eigenvalue weighted by Crippen LogP contribution is -2.34. The average molecular weight is 276 g/mol. The molecule has 0 bridgehead atoms. The van der Waals surface area contributed by atoms with Gasteiger partial charge in [-0.15, -0.1) is 0 Å². The molecule has 0 saturated carbocycles. The van der Waals surface area contributed by atoms with Crippen LogP contribution < -0.4 is 4.74 Å². The van der Waals surface area contributed by atoms with Gasteiger partial charge in [0.2, 0.25) is 5.91 Å². The Balaban J connectivity index is 1.81. The molecule has 0 spiro atoms. The van der Waals surface area contributed by atoms with Crippen LogP contribution in [0.3, 0.4) is 0 Å². The number of methoxy groups -OCH3 is 1. The highest BCUT2D eigenvalue weighted by molar-refractivity contribution is 5.76. The Morgan fingerprint density at radius 1 is 1.15 bits per heavy atom. The fourth-order valence-corrected chi connectivity index (χ4v) is 2.50. The summed E-state index contributed by atoms with van der Waals surface area (Å²) in [6.45, 7) is 3.82. The molecule has 0 aliphatic carbocycles. The van der Waals surface area contributed by atoms with Crippen LogP contribution in [0, 0.1) is 0 Å². The summed E-state index contributed by atoms with van der Waals surface area (Å²) < 4.78 is 5.13. The van der Waals surface area contributed by atoms with Crippen LogP contribution in [0.5, 0.6) is 5.75 Å². The summed E-state index contributed by atoms with van der Waals surface area (Å²) in [5.41, 5.74) is 1.19. The van der Waals surface area contributed by atoms with Crippen LogP contribution in [-0.4, -0.2) is 56.0 Å². The van der Waals surface area contributed by atoms with Gasteiger partial charge in [0, 0.05) is 26.1 Å². The number of hydrogen-bond acceptors (Lipinski definition) is 3. The molecule has 0 N–H and O–H groups in total. The Hall–Kier alpha value is -1.55. The predicted molar refractivity (Wildman–Crippen MR) is 80.0 cm³/mol. The van der Waals surface area contributed by atoms with E-state index in [2.05, 4.69) is 11.9 Å². The van der Waals surface area contributed by atoms with E-state index in [0.29, 0.717) is 6.42 Å². The Kier molecular flexibility index (Phi) is 5.41. The normalized spacial score (nSPS) is 16.8. The first-order valence-electron chi connectivity index (χ1n) is 7.28.